The summed E-state index contributed by atoms with van der Waals surface area (Å²) >= 11 is 7.50. The third-order valence-electron chi connectivity index (χ3n) is 2.39. The molecular weight excluding hydrogens is 256 g/mol. The zero-order valence-corrected chi connectivity index (χ0v) is 11.3. The highest BCUT2D eigenvalue weighted by molar-refractivity contribution is 7.22. The molecule has 5 heteroatoms. The number of thiazole rings is 1. The number of aryl methyl sites for hydroxylation is 1. The molecule has 1 aromatic carbocycles. The number of benzene rings is 1. The van der Waals surface area contributed by atoms with Gasteiger partial charge in [-0.2, -0.15) is 0 Å². The number of rotatable bonds is 3. The van der Waals surface area contributed by atoms with Gasteiger partial charge in [-0.15, -0.1) is 0 Å². The minimum absolute atomic E-state index is 0.00868. The summed E-state index contributed by atoms with van der Waals surface area (Å²) in [5, 5.41) is 4.14. The number of nitrogens with one attached hydrogen (secondary N) is 1. The van der Waals surface area contributed by atoms with Crippen molar-refractivity contribution in [2.24, 2.45) is 0 Å². The zero-order valence-electron chi connectivity index (χ0n) is 9.71. The van der Waals surface area contributed by atoms with E-state index in [1.165, 1.54) is 11.3 Å². The van der Waals surface area contributed by atoms with E-state index in [2.05, 4.69) is 10.3 Å². The largest absolute Gasteiger partial charge is 0.302 e. The predicted octanol–water partition coefficient (Wildman–Crippen LogP) is 4.00. The van der Waals surface area contributed by atoms with Gasteiger partial charge in [0.1, 0.15) is 0 Å². The Morgan fingerprint density at radius 2 is 2.29 bits per heavy atom. The molecule has 0 saturated carbocycles. The van der Waals surface area contributed by atoms with Crippen LogP contribution < -0.4 is 5.32 Å². The van der Waals surface area contributed by atoms with Gasteiger partial charge in [0.25, 0.3) is 0 Å². The Balaban J connectivity index is 2.29. The highest BCUT2D eigenvalue weighted by Gasteiger charge is 2.08. The smallest absolute Gasteiger partial charge is 0.226 e. The molecule has 0 bridgehead atoms. The lowest BCUT2D eigenvalue weighted by Gasteiger charge is -1.97. The molecule has 0 saturated heterocycles. The van der Waals surface area contributed by atoms with E-state index in [1.54, 1.807) is 0 Å². The summed E-state index contributed by atoms with van der Waals surface area (Å²) in [6.07, 6.45) is 1.36. The molecule has 2 rings (SSSR count). The Bertz CT molecular complexity index is 526. The number of fused-ring (bicyclic) bond motifs is 1. The standard InChI is InChI=1S/C12H13ClN2OS/c1-3-4-11(16)15-12-14-9-6-8(13)7(2)5-10(9)17-12/h5-6H,3-4H2,1-2H3,(H,14,15,16). The molecule has 0 aliphatic rings. The van der Waals surface area contributed by atoms with Gasteiger partial charge in [0, 0.05) is 11.4 Å². The van der Waals surface area contributed by atoms with Gasteiger partial charge in [0.05, 0.1) is 10.2 Å². The van der Waals surface area contributed by atoms with Crippen molar-refractivity contribution in [3.05, 3.63) is 22.7 Å². The molecule has 1 N–H and O–H groups in total. The van der Waals surface area contributed by atoms with Gasteiger partial charge in [0.15, 0.2) is 5.13 Å². The maximum atomic E-state index is 11.5. The van der Waals surface area contributed by atoms with E-state index >= 15 is 0 Å². The fourth-order valence-electron chi connectivity index (χ4n) is 1.51. The summed E-state index contributed by atoms with van der Waals surface area (Å²) in [6.45, 7) is 3.93. The number of hydrogen-bond donors (Lipinski definition) is 1. The van der Waals surface area contributed by atoms with E-state index in [1.807, 2.05) is 26.0 Å². The number of nitrogens with zero attached hydrogens (tertiary/aromatic N) is 1. The molecular formula is C12H13ClN2OS. The topological polar surface area (TPSA) is 42.0 Å². The first-order chi connectivity index (χ1) is 8.10. The van der Waals surface area contributed by atoms with Gasteiger partial charge in [-0.3, -0.25) is 4.79 Å². The van der Waals surface area contributed by atoms with E-state index in [0.717, 1.165) is 22.2 Å². The quantitative estimate of drug-likeness (QED) is 0.914. The molecule has 90 valence electrons. The molecule has 0 aliphatic heterocycles. The maximum Gasteiger partial charge on any atom is 0.226 e. The normalized spacial score (nSPS) is 10.8. The predicted molar refractivity (Wildman–Crippen MR) is 72.9 cm³/mol. The van der Waals surface area contributed by atoms with Crippen molar-refractivity contribution in [1.82, 2.24) is 4.98 Å². The number of carbonyl (C=O) groups excluding carboxylic acids is 1. The van der Waals surface area contributed by atoms with Crippen molar-refractivity contribution in [2.45, 2.75) is 26.7 Å². The minimum atomic E-state index is 0.00868. The molecule has 0 aliphatic carbocycles. The van der Waals surface area contributed by atoms with Gasteiger partial charge in [-0.1, -0.05) is 29.9 Å². The van der Waals surface area contributed by atoms with Gasteiger partial charge < -0.3 is 5.32 Å². The number of hydrogen-bond acceptors (Lipinski definition) is 3. The first-order valence-electron chi connectivity index (χ1n) is 5.46. The second-order valence-corrected chi connectivity index (χ2v) is 5.32. The summed E-state index contributed by atoms with van der Waals surface area (Å²) in [4.78, 5) is 15.8. The lowest BCUT2D eigenvalue weighted by Crippen LogP contribution is -2.09. The van der Waals surface area contributed by atoms with E-state index in [-0.39, 0.29) is 5.91 Å². The van der Waals surface area contributed by atoms with Crippen LogP contribution in [-0.4, -0.2) is 10.9 Å². The van der Waals surface area contributed by atoms with Crippen LogP contribution in [0, 0.1) is 6.92 Å². The molecule has 0 atom stereocenters. The summed E-state index contributed by atoms with van der Waals surface area (Å²) in [5.74, 6) is 0.00868. The number of aromatic nitrogens is 1. The Kier molecular flexibility index (Phi) is 3.64. The third kappa shape index (κ3) is 2.76. The van der Waals surface area contributed by atoms with E-state index < -0.39 is 0 Å². The Morgan fingerprint density at radius 1 is 1.53 bits per heavy atom. The van der Waals surface area contributed by atoms with Crippen molar-refractivity contribution >= 4 is 44.2 Å². The lowest BCUT2D eigenvalue weighted by molar-refractivity contribution is -0.116. The molecule has 0 spiro atoms. The van der Waals surface area contributed by atoms with Crippen LogP contribution in [0.2, 0.25) is 5.02 Å². The summed E-state index contributed by atoms with van der Waals surface area (Å²) in [6, 6.07) is 3.82. The zero-order chi connectivity index (χ0) is 12.4. The molecule has 1 heterocycles. The average Bonchev–Trinajstić information content (AvgIpc) is 2.60. The monoisotopic (exact) mass is 268 g/mol. The fourth-order valence-corrected chi connectivity index (χ4v) is 2.63. The van der Waals surface area contributed by atoms with E-state index in [9.17, 15) is 4.79 Å². The highest BCUT2D eigenvalue weighted by Crippen LogP contribution is 2.30. The summed E-state index contributed by atoms with van der Waals surface area (Å²) < 4.78 is 1.04. The molecule has 0 fully saturated rings. The van der Waals surface area contributed by atoms with Crippen LogP contribution in [0.1, 0.15) is 25.3 Å². The van der Waals surface area contributed by atoms with Crippen LogP contribution in [0.25, 0.3) is 10.2 Å². The van der Waals surface area contributed by atoms with E-state index in [0.29, 0.717) is 16.6 Å². The average molecular weight is 269 g/mol. The van der Waals surface area contributed by atoms with Gasteiger partial charge in [-0.25, -0.2) is 4.98 Å². The maximum absolute atomic E-state index is 11.5. The summed E-state index contributed by atoms with van der Waals surface area (Å²) in [5.41, 5.74) is 1.85. The molecule has 17 heavy (non-hydrogen) atoms. The van der Waals surface area contributed by atoms with Gasteiger partial charge in [0.2, 0.25) is 5.91 Å². The molecule has 1 amide bonds. The van der Waals surface area contributed by atoms with Crippen LogP contribution in [0.3, 0.4) is 0 Å². The molecule has 0 radical (unpaired) electrons. The van der Waals surface area contributed by atoms with Crippen molar-refractivity contribution in [2.75, 3.05) is 5.32 Å². The van der Waals surface area contributed by atoms with Crippen molar-refractivity contribution in [3.8, 4) is 0 Å². The third-order valence-corrected chi connectivity index (χ3v) is 3.73. The van der Waals surface area contributed by atoms with Crippen LogP contribution >= 0.6 is 22.9 Å². The lowest BCUT2D eigenvalue weighted by atomic mass is 10.2. The first-order valence-corrected chi connectivity index (χ1v) is 6.66. The first kappa shape index (κ1) is 12.3. The molecule has 1 aromatic heterocycles. The SMILES string of the molecule is CCCC(=O)Nc1nc2cc(Cl)c(C)cc2s1. The summed E-state index contributed by atoms with van der Waals surface area (Å²) in [7, 11) is 0. The minimum Gasteiger partial charge on any atom is -0.302 e. The van der Waals surface area contributed by atoms with Gasteiger partial charge in [-0.05, 0) is 31.0 Å². The van der Waals surface area contributed by atoms with Crippen LogP contribution in [-0.2, 0) is 4.79 Å². The van der Waals surface area contributed by atoms with Crippen molar-refractivity contribution < 1.29 is 4.79 Å². The second-order valence-electron chi connectivity index (χ2n) is 3.89. The Morgan fingerprint density at radius 3 is 3.00 bits per heavy atom. The fraction of sp³-hybridized carbons (Fsp3) is 0.333. The Hall–Kier alpha value is -1.13. The molecule has 2 aromatic rings. The molecule has 0 unspecified atom stereocenters. The van der Waals surface area contributed by atoms with Crippen LogP contribution in [0.4, 0.5) is 5.13 Å². The number of anilines is 1. The Labute approximate surface area is 109 Å². The van der Waals surface area contributed by atoms with Crippen molar-refractivity contribution in [1.29, 1.82) is 0 Å². The number of amides is 1. The highest BCUT2D eigenvalue weighted by atomic mass is 35.5. The van der Waals surface area contributed by atoms with Crippen LogP contribution in [0.5, 0.6) is 0 Å². The number of halogens is 1. The van der Waals surface area contributed by atoms with Crippen molar-refractivity contribution in [3.63, 3.8) is 0 Å². The van der Waals surface area contributed by atoms with Gasteiger partial charge >= 0.3 is 0 Å². The number of carbonyl (C=O) groups is 1. The van der Waals surface area contributed by atoms with E-state index in [4.69, 9.17) is 11.6 Å². The molecule has 3 nitrogen and oxygen atoms in total. The second kappa shape index (κ2) is 5.02. The van der Waals surface area contributed by atoms with Crippen LogP contribution in [0.15, 0.2) is 12.1 Å².